The van der Waals surface area contributed by atoms with E-state index in [1.54, 1.807) is 31.2 Å². The Morgan fingerprint density at radius 3 is 2.28 bits per heavy atom. The van der Waals surface area contributed by atoms with E-state index >= 15 is 0 Å². The maximum absolute atomic E-state index is 11.6. The summed E-state index contributed by atoms with van der Waals surface area (Å²) < 4.78 is 10.9. The van der Waals surface area contributed by atoms with Crippen LogP contribution in [0.4, 0.5) is 0 Å². The van der Waals surface area contributed by atoms with Gasteiger partial charge in [-0.25, -0.2) is 0 Å². The number of benzene rings is 2. The van der Waals surface area contributed by atoms with E-state index in [1.165, 1.54) is 6.92 Å². The van der Waals surface area contributed by atoms with E-state index in [1.807, 2.05) is 24.3 Å². The quantitative estimate of drug-likeness (QED) is 0.646. The first-order valence-corrected chi connectivity index (χ1v) is 7.80. The molecule has 0 aliphatic rings. The van der Waals surface area contributed by atoms with Gasteiger partial charge in [-0.2, -0.15) is 5.26 Å². The van der Waals surface area contributed by atoms with Crippen LogP contribution in [0.25, 0.3) is 0 Å². The van der Waals surface area contributed by atoms with Crippen LogP contribution in [-0.4, -0.2) is 10.9 Å². The SMILES string of the molecule is CC(=O)c1noc(C)c1Cc1ccc(Oc2ccc(C#N)cc2)cc1. The fourth-order valence-electron chi connectivity index (χ4n) is 2.49. The van der Waals surface area contributed by atoms with E-state index in [0.717, 1.165) is 11.1 Å². The predicted octanol–water partition coefficient (Wildman–Crippen LogP) is 4.44. The summed E-state index contributed by atoms with van der Waals surface area (Å²) in [6.45, 7) is 3.28. The normalized spacial score (nSPS) is 10.3. The Morgan fingerprint density at radius 2 is 1.72 bits per heavy atom. The molecular weight excluding hydrogens is 316 g/mol. The second-order valence-electron chi connectivity index (χ2n) is 5.68. The minimum absolute atomic E-state index is 0.104. The van der Waals surface area contributed by atoms with Crippen molar-refractivity contribution in [2.75, 3.05) is 0 Å². The van der Waals surface area contributed by atoms with Gasteiger partial charge in [0, 0.05) is 18.9 Å². The number of ketones is 1. The van der Waals surface area contributed by atoms with Gasteiger partial charge in [0.15, 0.2) is 11.5 Å². The fraction of sp³-hybridized carbons (Fsp3) is 0.150. The van der Waals surface area contributed by atoms with Gasteiger partial charge in [0.25, 0.3) is 0 Å². The van der Waals surface area contributed by atoms with Crippen molar-refractivity contribution in [2.24, 2.45) is 0 Å². The fourth-order valence-corrected chi connectivity index (χ4v) is 2.49. The number of carbonyl (C=O) groups is 1. The number of carbonyl (C=O) groups excluding carboxylic acids is 1. The summed E-state index contributed by atoms with van der Waals surface area (Å²) in [7, 11) is 0. The average molecular weight is 332 g/mol. The zero-order valence-electron chi connectivity index (χ0n) is 13.9. The molecule has 25 heavy (non-hydrogen) atoms. The van der Waals surface area contributed by atoms with Crippen molar-refractivity contribution in [3.8, 4) is 17.6 Å². The molecule has 2 aromatic carbocycles. The number of hydrogen-bond donors (Lipinski definition) is 0. The summed E-state index contributed by atoms with van der Waals surface area (Å²) in [5, 5.41) is 12.6. The van der Waals surface area contributed by atoms with E-state index in [2.05, 4.69) is 11.2 Å². The second kappa shape index (κ2) is 7.02. The van der Waals surface area contributed by atoms with E-state index in [9.17, 15) is 4.79 Å². The Morgan fingerprint density at radius 1 is 1.12 bits per heavy atom. The van der Waals surface area contributed by atoms with Gasteiger partial charge < -0.3 is 9.26 Å². The maximum Gasteiger partial charge on any atom is 0.181 e. The Bertz CT molecular complexity index is 933. The highest BCUT2D eigenvalue weighted by atomic mass is 16.5. The number of ether oxygens (including phenoxy) is 1. The van der Waals surface area contributed by atoms with Crippen molar-refractivity contribution in [3.05, 3.63) is 76.7 Å². The van der Waals surface area contributed by atoms with Gasteiger partial charge >= 0.3 is 0 Å². The molecule has 3 rings (SSSR count). The van der Waals surface area contributed by atoms with Gasteiger partial charge in [-0.1, -0.05) is 17.3 Å². The molecule has 0 aliphatic carbocycles. The van der Waals surface area contributed by atoms with Crippen LogP contribution < -0.4 is 4.74 Å². The molecule has 3 aromatic rings. The standard InChI is InChI=1S/C20H16N2O3/c1-13(23)20-19(14(2)25-22-20)11-15-3-7-17(8-4-15)24-18-9-5-16(12-21)6-10-18/h3-10H,11H2,1-2H3. The molecule has 0 saturated heterocycles. The summed E-state index contributed by atoms with van der Waals surface area (Å²) in [6.07, 6.45) is 0.571. The molecule has 0 unspecified atom stereocenters. The van der Waals surface area contributed by atoms with Crippen LogP contribution in [0.3, 0.4) is 0 Å². The number of rotatable bonds is 5. The number of hydrogen-bond acceptors (Lipinski definition) is 5. The van der Waals surface area contributed by atoms with Crippen molar-refractivity contribution in [1.82, 2.24) is 5.16 Å². The van der Waals surface area contributed by atoms with Crippen LogP contribution in [0.1, 0.15) is 39.9 Å². The van der Waals surface area contributed by atoms with Crippen molar-refractivity contribution in [3.63, 3.8) is 0 Å². The maximum atomic E-state index is 11.6. The Hall–Kier alpha value is -3.39. The number of nitrogens with zero attached hydrogens (tertiary/aromatic N) is 2. The van der Waals surface area contributed by atoms with E-state index in [0.29, 0.717) is 34.9 Å². The second-order valence-corrected chi connectivity index (χ2v) is 5.68. The lowest BCUT2D eigenvalue weighted by Gasteiger charge is -2.07. The number of Topliss-reactive ketones (excluding diaryl/α,β-unsaturated/α-hetero) is 1. The molecule has 0 fully saturated rings. The van der Waals surface area contributed by atoms with Crippen molar-refractivity contribution in [2.45, 2.75) is 20.3 Å². The van der Waals surface area contributed by atoms with Gasteiger partial charge in [0.1, 0.15) is 17.3 Å². The topological polar surface area (TPSA) is 76.1 Å². The van der Waals surface area contributed by atoms with Crippen molar-refractivity contribution < 1.29 is 14.1 Å². The van der Waals surface area contributed by atoms with Gasteiger partial charge in [-0.3, -0.25) is 4.79 Å². The molecule has 1 heterocycles. The van der Waals surface area contributed by atoms with Crippen LogP contribution in [-0.2, 0) is 6.42 Å². The molecule has 0 atom stereocenters. The summed E-state index contributed by atoms with van der Waals surface area (Å²) in [5.74, 6) is 1.92. The number of aryl methyl sites for hydroxylation is 1. The number of aromatic nitrogens is 1. The van der Waals surface area contributed by atoms with Gasteiger partial charge in [0.05, 0.1) is 11.6 Å². The predicted molar refractivity (Wildman–Crippen MR) is 91.7 cm³/mol. The highest BCUT2D eigenvalue weighted by Crippen LogP contribution is 2.24. The van der Waals surface area contributed by atoms with Crippen molar-refractivity contribution in [1.29, 1.82) is 5.26 Å². The van der Waals surface area contributed by atoms with Crippen LogP contribution in [0.15, 0.2) is 53.1 Å². The molecule has 0 amide bonds. The highest BCUT2D eigenvalue weighted by Gasteiger charge is 2.16. The number of nitriles is 1. The molecule has 0 radical (unpaired) electrons. The lowest BCUT2D eigenvalue weighted by molar-refractivity contribution is 0.100. The zero-order chi connectivity index (χ0) is 17.8. The van der Waals surface area contributed by atoms with Crippen LogP contribution in [0.2, 0.25) is 0 Å². The first-order chi connectivity index (χ1) is 12.1. The lowest BCUT2D eigenvalue weighted by Crippen LogP contribution is -2.00. The van der Waals surface area contributed by atoms with Crippen LogP contribution >= 0.6 is 0 Å². The molecule has 1 aromatic heterocycles. The third-order valence-electron chi connectivity index (χ3n) is 3.84. The molecule has 0 saturated carbocycles. The summed E-state index contributed by atoms with van der Waals surface area (Å²) in [5.41, 5.74) is 2.82. The van der Waals surface area contributed by atoms with Gasteiger partial charge in [0.2, 0.25) is 0 Å². The molecule has 0 spiro atoms. The van der Waals surface area contributed by atoms with Crippen LogP contribution in [0, 0.1) is 18.3 Å². The highest BCUT2D eigenvalue weighted by molar-refractivity contribution is 5.93. The minimum Gasteiger partial charge on any atom is -0.457 e. The molecular formula is C20H16N2O3. The molecule has 5 nitrogen and oxygen atoms in total. The molecule has 0 bridgehead atoms. The lowest BCUT2D eigenvalue weighted by atomic mass is 10.0. The van der Waals surface area contributed by atoms with Crippen molar-refractivity contribution >= 4 is 5.78 Å². The Labute approximate surface area is 145 Å². The summed E-state index contributed by atoms with van der Waals surface area (Å²) in [6, 6.07) is 16.6. The first-order valence-electron chi connectivity index (χ1n) is 7.80. The average Bonchev–Trinajstić information content (AvgIpc) is 2.98. The third kappa shape index (κ3) is 3.75. The summed E-state index contributed by atoms with van der Waals surface area (Å²) in [4.78, 5) is 11.6. The zero-order valence-corrected chi connectivity index (χ0v) is 13.9. The first kappa shape index (κ1) is 16.5. The van der Waals surface area contributed by atoms with Gasteiger partial charge in [-0.05, 0) is 48.9 Å². The molecule has 0 aliphatic heterocycles. The Balaban J connectivity index is 1.73. The largest absolute Gasteiger partial charge is 0.457 e. The summed E-state index contributed by atoms with van der Waals surface area (Å²) >= 11 is 0. The van der Waals surface area contributed by atoms with Crippen LogP contribution in [0.5, 0.6) is 11.5 Å². The molecule has 5 heteroatoms. The third-order valence-corrected chi connectivity index (χ3v) is 3.84. The Kier molecular flexibility index (Phi) is 4.62. The monoisotopic (exact) mass is 332 g/mol. The smallest absolute Gasteiger partial charge is 0.181 e. The minimum atomic E-state index is -0.104. The van der Waals surface area contributed by atoms with Gasteiger partial charge in [-0.15, -0.1) is 0 Å². The molecule has 124 valence electrons. The van der Waals surface area contributed by atoms with E-state index in [4.69, 9.17) is 14.5 Å². The van der Waals surface area contributed by atoms with E-state index in [-0.39, 0.29) is 5.78 Å². The molecule has 0 N–H and O–H groups in total. The van der Waals surface area contributed by atoms with E-state index < -0.39 is 0 Å².